The van der Waals surface area contributed by atoms with Crippen molar-refractivity contribution in [1.29, 1.82) is 0 Å². The maximum atomic E-state index is 9.79. The topological polar surface area (TPSA) is 50.1 Å². The van der Waals surface area contributed by atoms with Gasteiger partial charge >= 0.3 is 0 Å². The van der Waals surface area contributed by atoms with Gasteiger partial charge in [-0.05, 0) is 36.1 Å². The Labute approximate surface area is 106 Å². The van der Waals surface area contributed by atoms with Gasteiger partial charge in [0.2, 0.25) is 0 Å². The summed E-state index contributed by atoms with van der Waals surface area (Å²) in [5.41, 5.74) is 3.37. The molecule has 0 bridgehead atoms. The summed E-state index contributed by atoms with van der Waals surface area (Å²) in [6, 6.07) is 8.12. The monoisotopic (exact) mass is 243 g/mol. The zero-order chi connectivity index (χ0) is 12.5. The number of fused-ring (bicyclic) bond motifs is 1. The molecule has 2 N–H and O–H groups in total. The lowest BCUT2D eigenvalue weighted by Crippen LogP contribution is -2.19. The van der Waals surface area contributed by atoms with E-state index in [9.17, 15) is 5.11 Å². The number of benzene rings is 1. The summed E-state index contributed by atoms with van der Waals surface area (Å²) in [6.07, 6.45) is 3.94. The van der Waals surface area contributed by atoms with E-state index in [4.69, 9.17) is 0 Å². The Morgan fingerprint density at radius 3 is 3.11 bits per heavy atom. The molecule has 1 aromatic heterocycles. The first-order chi connectivity index (χ1) is 8.74. The second-order valence-electron chi connectivity index (χ2n) is 4.80. The van der Waals surface area contributed by atoms with Crippen LogP contribution in [0.5, 0.6) is 5.75 Å². The molecule has 1 aliphatic carbocycles. The summed E-state index contributed by atoms with van der Waals surface area (Å²) >= 11 is 0. The third kappa shape index (κ3) is 1.99. The van der Waals surface area contributed by atoms with Gasteiger partial charge in [0, 0.05) is 25.8 Å². The molecule has 0 fully saturated rings. The van der Waals surface area contributed by atoms with Crippen LogP contribution in [-0.4, -0.2) is 14.9 Å². The highest BCUT2D eigenvalue weighted by molar-refractivity contribution is 5.44. The van der Waals surface area contributed by atoms with Crippen molar-refractivity contribution in [3.8, 4) is 5.75 Å². The molecule has 1 unspecified atom stereocenters. The lowest BCUT2D eigenvalue weighted by Gasteiger charge is -2.13. The Hall–Kier alpha value is -1.81. The molecule has 0 aliphatic heterocycles. The molecule has 1 aromatic carbocycles. The summed E-state index contributed by atoms with van der Waals surface area (Å²) in [5, 5.41) is 17.7. The molecule has 0 saturated heterocycles. The van der Waals surface area contributed by atoms with Crippen LogP contribution in [0.15, 0.2) is 30.5 Å². The molecule has 1 aliphatic rings. The number of hydrogen-bond donors (Lipinski definition) is 2. The van der Waals surface area contributed by atoms with Gasteiger partial charge in [-0.3, -0.25) is 4.68 Å². The van der Waals surface area contributed by atoms with Crippen molar-refractivity contribution >= 4 is 0 Å². The predicted molar refractivity (Wildman–Crippen MR) is 69.2 cm³/mol. The molecule has 1 heterocycles. The van der Waals surface area contributed by atoms with Crippen LogP contribution >= 0.6 is 0 Å². The van der Waals surface area contributed by atoms with Crippen molar-refractivity contribution in [2.75, 3.05) is 0 Å². The number of phenolic OH excluding ortho intramolecular Hbond substituents is 1. The number of nitrogens with one attached hydrogen (secondary N) is 1. The number of aryl methyl sites for hydroxylation is 1. The summed E-state index contributed by atoms with van der Waals surface area (Å²) in [4.78, 5) is 0. The molecule has 18 heavy (non-hydrogen) atoms. The Balaban J connectivity index is 1.71. The smallest absolute Gasteiger partial charge is 0.119 e. The van der Waals surface area contributed by atoms with Gasteiger partial charge in [-0.15, -0.1) is 0 Å². The average molecular weight is 243 g/mol. The highest BCUT2D eigenvalue weighted by atomic mass is 16.3. The van der Waals surface area contributed by atoms with Crippen LogP contribution < -0.4 is 5.32 Å². The fraction of sp³-hybridized carbons (Fsp3) is 0.357. The normalized spacial score (nSPS) is 17.9. The first-order valence-electron chi connectivity index (χ1n) is 6.26. The van der Waals surface area contributed by atoms with E-state index in [0.717, 1.165) is 30.6 Å². The fourth-order valence-electron chi connectivity index (χ4n) is 2.63. The van der Waals surface area contributed by atoms with E-state index in [1.54, 1.807) is 6.07 Å². The number of hydrogen-bond acceptors (Lipinski definition) is 3. The van der Waals surface area contributed by atoms with E-state index < -0.39 is 0 Å². The van der Waals surface area contributed by atoms with Gasteiger partial charge in [0.25, 0.3) is 0 Å². The van der Waals surface area contributed by atoms with Crippen molar-refractivity contribution < 1.29 is 5.11 Å². The van der Waals surface area contributed by atoms with E-state index in [0.29, 0.717) is 11.8 Å². The molecule has 4 nitrogen and oxygen atoms in total. The van der Waals surface area contributed by atoms with Gasteiger partial charge in [0.05, 0.1) is 5.69 Å². The summed E-state index contributed by atoms with van der Waals surface area (Å²) < 4.78 is 1.81. The molecule has 0 amide bonds. The maximum Gasteiger partial charge on any atom is 0.119 e. The molecule has 3 rings (SSSR count). The van der Waals surface area contributed by atoms with E-state index in [1.165, 1.54) is 5.56 Å². The zero-order valence-electron chi connectivity index (χ0n) is 10.4. The van der Waals surface area contributed by atoms with Crippen molar-refractivity contribution in [3.05, 3.63) is 47.3 Å². The van der Waals surface area contributed by atoms with E-state index in [2.05, 4.69) is 16.5 Å². The number of phenols is 1. The highest BCUT2D eigenvalue weighted by Gasteiger charge is 2.24. The molecule has 1 atom stereocenters. The third-order valence-corrected chi connectivity index (χ3v) is 3.54. The minimum atomic E-state index is 0.328. The molecule has 4 heteroatoms. The average Bonchev–Trinajstić information content (AvgIpc) is 2.94. The Bertz CT molecular complexity index is 562. The van der Waals surface area contributed by atoms with Gasteiger partial charge < -0.3 is 10.4 Å². The van der Waals surface area contributed by atoms with E-state index >= 15 is 0 Å². The van der Waals surface area contributed by atoms with Crippen molar-refractivity contribution in [2.45, 2.75) is 25.4 Å². The molecular weight excluding hydrogens is 226 g/mol. The van der Waals surface area contributed by atoms with Gasteiger partial charge in [0.15, 0.2) is 0 Å². The molecule has 0 spiro atoms. The molecule has 0 saturated carbocycles. The van der Waals surface area contributed by atoms with Crippen LogP contribution in [0.25, 0.3) is 0 Å². The van der Waals surface area contributed by atoms with Crippen LogP contribution in [0.4, 0.5) is 0 Å². The number of aromatic hydroxyl groups is 1. The highest BCUT2D eigenvalue weighted by Crippen LogP contribution is 2.36. The van der Waals surface area contributed by atoms with E-state index in [-0.39, 0.29) is 0 Å². The van der Waals surface area contributed by atoms with Crippen LogP contribution in [-0.2, 0) is 20.0 Å². The predicted octanol–water partition coefficient (Wildman–Crippen LogP) is 1.90. The van der Waals surface area contributed by atoms with Crippen LogP contribution in [0.2, 0.25) is 0 Å². The minimum absolute atomic E-state index is 0.328. The Morgan fingerprint density at radius 2 is 2.33 bits per heavy atom. The SMILES string of the molecule is Cn1ccc(CNC2CCc3c(O)cccc32)n1. The van der Waals surface area contributed by atoms with Crippen LogP contribution in [0.3, 0.4) is 0 Å². The van der Waals surface area contributed by atoms with Crippen LogP contribution in [0.1, 0.15) is 29.3 Å². The molecular formula is C14H17N3O. The third-order valence-electron chi connectivity index (χ3n) is 3.54. The summed E-state index contributed by atoms with van der Waals surface area (Å²) in [5.74, 6) is 0.426. The minimum Gasteiger partial charge on any atom is -0.508 e. The van der Waals surface area contributed by atoms with Crippen molar-refractivity contribution in [1.82, 2.24) is 15.1 Å². The Morgan fingerprint density at radius 1 is 1.44 bits per heavy atom. The molecule has 0 radical (unpaired) electrons. The molecule has 2 aromatic rings. The zero-order valence-corrected chi connectivity index (χ0v) is 10.4. The quantitative estimate of drug-likeness (QED) is 0.865. The van der Waals surface area contributed by atoms with Gasteiger partial charge in [0.1, 0.15) is 5.75 Å². The van der Waals surface area contributed by atoms with Gasteiger partial charge in [-0.2, -0.15) is 5.10 Å². The second kappa shape index (κ2) is 4.46. The van der Waals surface area contributed by atoms with Crippen molar-refractivity contribution in [2.24, 2.45) is 7.05 Å². The lowest BCUT2D eigenvalue weighted by molar-refractivity contribution is 0.469. The van der Waals surface area contributed by atoms with Gasteiger partial charge in [-0.1, -0.05) is 12.1 Å². The van der Waals surface area contributed by atoms with Crippen LogP contribution in [0, 0.1) is 0 Å². The number of aromatic nitrogens is 2. The molecule has 94 valence electrons. The summed E-state index contributed by atoms with van der Waals surface area (Å²) in [7, 11) is 1.92. The standard InChI is InChI=1S/C14H17N3O/c1-17-8-7-10(16-17)9-15-13-6-5-12-11(13)3-2-4-14(12)18/h2-4,7-8,13,15,18H,5-6,9H2,1H3. The maximum absolute atomic E-state index is 9.79. The number of rotatable bonds is 3. The van der Waals surface area contributed by atoms with E-state index in [1.807, 2.05) is 30.1 Å². The first kappa shape index (κ1) is 11.3. The summed E-state index contributed by atoms with van der Waals surface area (Å²) in [6.45, 7) is 0.764. The lowest BCUT2D eigenvalue weighted by atomic mass is 10.1. The number of nitrogens with zero attached hydrogens (tertiary/aromatic N) is 2. The van der Waals surface area contributed by atoms with Gasteiger partial charge in [-0.25, -0.2) is 0 Å². The first-order valence-corrected chi connectivity index (χ1v) is 6.26. The largest absolute Gasteiger partial charge is 0.508 e. The fourth-order valence-corrected chi connectivity index (χ4v) is 2.63. The van der Waals surface area contributed by atoms with Crippen molar-refractivity contribution in [3.63, 3.8) is 0 Å². The second-order valence-corrected chi connectivity index (χ2v) is 4.80. The Kier molecular flexibility index (Phi) is 2.80.